The van der Waals surface area contributed by atoms with Gasteiger partial charge in [-0.3, -0.25) is 19.2 Å². The number of halogens is 6. The number of carbonyl (C=O) groups excluding carboxylic acids is 4. The third kappa shape index (κ3) is 12.6. The molecule has 0 bridgehead atoms. The second-order valence-corrected chi connectivity index (χ2v) is 26.9. The summed E-state index contributed by atoms with van der Waals surface area (Å²) >= 11 is 0. The van der Waals surface area contributed by atoms with E-state index in [4.69, 9.17) is 0 Å². The Morgan fingerprint density at radius 1 is 0.278 bits per heavy atom. The Balaban J connectivity index is 0.000000127. The predicted molar refractivity (Wildman–Crippen MR) is 399 cm³/mol. The zero-order chi connectivity index (χ0) is 76.8. The maximum atomic E-state index is 13.6. The highest BCUT2D eigenvalue weighted by Crippen LogP contribution is 2.55. The van der Waals surface area contributed by atoms with E-state index in [1.807, 2.05) is 137 Å². The molecule has 0 radical (unpaired) electrons. The van der Waals surface area contributed by atoms with Gasteiger partial charge in [0.15, 0.2) is 0 Å². The summed E-state index contributed by atoms with van der Waals surface area (Å²) in [5.41, 5.74) is 7.61. The summed E-state index contributed by atoms with van der Waals surface area (Å²) in [6.45, 7) is 7.65. The van der Waals surface area contributed by atoms with Gasteiger partial charge in [0.1, 0.15) is 44.7 Å². The minimum absolute atomic E-state index is 0.00507. The van der Waals surface area contributed by atoms with E-state index in [1.54, 1.807) is 84.9 Å². The Bertz CT molecular complexity index is 5330. The summed E-state index contributed by atoms with van der Waals surface area (Å²) in [5, 5.41) is 68.4. The van der Waals surface area contributed by atoms with Crippen LogP contribution in [0.1, 0.15) is 111 Å². The molecule has 108 heavy (non-hydrogen) atoms. The van der Waals surface area contributed by atoms with Crippen LogP contribution >= 0.6 is 0 Å². The number of amides is 4. The average Bonchev–Trinajstić information content (AvgIpc) is 1.56. The van der Waals surface area contributed by atoms with E-state index in [1.165, 1.54) is 60.7 Å². The van der Waals surface area contributed by atoms with Gasteiger partial charge in [-0.2, -0.15) is 26.3 Å². The van der Waals surface area contributed by atoms with Crippen LogP contribution in [0.3, 0.4) is 0 Å². The summed E-state index contributed by atoms with van der Waals surface area (Å²) in [6, 6.07) is 74.0. The van der Waals surface area contributed by atoms with Gasteiger partial charge in [0.05, 0.1) is 35.7 Å². The van der Waals surface area contributed by atoms with Crippen molar-refractivity contribution < 1.29 is 76.2 Å². The first kappa shape index (κ1) is 73.5. The van der Waals surface area contributed by atoms with Crippen LogP contribution in [0.2, 0.25) is 0 Å². The maximum absolute atomic E-state index is 13.6. The number of phenols is 4. The lowest BCUT2D eigenvalue weighted by atomic mass is 9.70. The van der Waals surface area contributed by atoms with Crippen molar-refractivity contribution in [3.63, 3.8) is 0 Å². The van der Waals surface area contributed by atoms with Crippen LogP contribution in [0.4, 0.5) is 49.1 Å². The Morgan fingerprint density at radius 3 is 0.713 bits per heavy atom. The summed E-state index contributed by atoms with van der Waals surface area (Å²) in [6.07, 6.45) is -9.23. The normalized spacial score (nSPS) is 18.6. The topological polar surface area (TPSA) is 238 Å². The highest BCUT2D eigenvalue weighted by molar-refractivity contribution is 6.15. The van der Waals surface area contributed by atoms with Crippen molar-refractivity contribution in [2.75, 3.05) is 21.3 Å². The van der Waals surface area contributed by atoms with Gasteiger partial charge >= 0.3 is 12.4 Å². The van der Waals surface area contributed by atoms with Crippen LogP contribution in [0, 0.1) is 27.7 Å². The second-order valence-electron chi connectivity index (χ2n) is 26.9. The maximum Gasteiger partial charge on any atom is 0.418 e. The fourth-order valence-electron chi connectivity index (χ4n) is 15.2. The number of hydrogen-bond acceptors (Lipinski definition) is 10. The molecule has 0 saturated heterocycles. The van der Waals surface area contributed by atoms with Gasteiger partial charge in [-0.25, -0.2) is 0 Å². The minimum Gasteiger partial charge on any atom is -0.508 e. The lowest BCUT2D eigenvalue weighted by Crippen LogP contribution is -2.37. The largest absolute Gasteiger partial charge is 0.508 e. The van der Waals surface area contributed by atoms with Gasteiger partial charge in [-0.15, -0.1) is 0 Å². The molecule has 4 aliphatic rings. The Morgan fingerprint density at radius 2 is 0.481 bits per heavy atom. The molecular weight excluding hydrogens is 1390 g/mol. The zero-order valence-corrected chi connectivity index (χ0v) is 58.4. The van der Waals surface area contributed by atoms with Gasteiger partial charge in [0, 0.05) is 33.6 Å². The molecule has 4 unspecified atom stereocenters. The SMILES string of the molecule is Cc1ccc(C2(c3ccc(O)cc3)C(=O)Nc3c(C(F)(F)F)cccc32)cc1.Cc1ccc(C2(c3ccc(O)cc3)C(=O)Nc3c(C)cccc32)cc1.Cc1cccc2c1NC(=O)C2(c1ccc(O)cc1)c1ccc(CO)cc1.O=C1Nc2c(C(F)(F)F)cccc2C1(c1ccc(O)cc1)c1ccc(CO)cc1. The molecule has 4 atom stereocenters. The van der Waals surface area contributed by atoms with E-state index >= 15 is 0 Å². The molecular formula is C88H70F6N4O10. The smallest absolute Gasteiger partial charge is 0.418 e. The van der Waals surface area contributed by atoms with Crippen molar-refractivity contribution in [2.45, 2.75) is 74.9 Å². The molecule has 12 aromatic rings. The highest BCUT2D eigenvalue weighted by Gasteiger charge is 2.56. The molecule has 16 rings (SSSR count). The summed E-state index contributed by atoms with van der Waals surface area (Å²) < 4.78 is 81.3. The lowest BCUT2D eigenvalue weighted by molar-refractivity contribution is -0.137. The quantitative estimate of drug-likeness (QED) is 0.0581. The zero-order valence-electron chi connectivity index (χ0n) is 58.4. The molecule has 4 amide bonds. The number of nitrogens with one attached hydrogen (secondary N) is 4. The molecule has 0 fully saturated rings. The number of anilines is 4. The van der Waals surface area contributed by atoms with Gasteiger partial charge in [-0.05, 0) is 155 Å². The van der Waals surface area contributed by atoms with E-state index in [2.05, 4.69) is 21.3 Å². The molecule has 14 nitrogen and oxygen atoms in total. The van der Waals surface area contributed by atoms with Crippen molar-refractivity contribution in [3.8, 4) is 23.0 Å². The first-order valence-corrected chi connectivity index (χ1v) is 34.2. The molecule has 0 spiro atoms. The highest BCUT2D eigenvalue weighted by atomic mass is 19.4. The summed E-state index contributed by atoms with van der Waals surface area (Å²) in [4.78, 5) is 53.2. The summed E-state index contributed by atoms with van der Waals surface area (Å²) in [7, 11) is 0. The monoisotopic (exact) mass is 1460 g/mol. The fraction of sp³-hybridized carbons (Fsp3) is 0.136. The van der Waals surface area contributed by atoms with Crippen LogP contribution in [0.25, 0.3) is 0 Å². The number of hydrogen-bond donors (Lipinski definition) is 10. The van der Waals surface area contributed by atoms with Crippen LogP contribution in [-0.2, 0) is 66.4 Å². The number of rotatable bonds is 10. The van der Waals surface area contributed by atoms with Crippen molar-refractivity contribution >= 4 is 46.4 Å². The van der Waals surface area contributed by atoms with Crippen LogP contribution in [0.15, 0.2) is 267 Å². The molecule has 20 heteroatoms. The number of alkyl halides is 6. The van der Waals surface area contributed by atoms with Gasteiger partial charge < -0.3 is 51.9 Å². The minimum atomic E-state index is -4.63. The number of benzene rings is 12. The number of fused-ring (bicyclic) bond motifs is 4. The van der Waals surface area contributed by atoms with Crippen molar-refractivity contribution in [3.05, 3.63) is 378 Å². The van der Waals surface area contributed by atoms with E-state index in [0.29, 0.717) is 27.8 Å². The van der Waals surface area contributed by atoms with E-state index in [0.717, 1.165) is 84.7 Å². The molecule has 12 aromatic carbocycles. The predicted octanol–water partition coefficient (Wildman–Crippen LogP) is 17.0. The number of para-hydroxylation sites is 4. The van der Waals surface area contributed by atoms with Gasteiger partial charge in [0.25, 0.3) is 0 Å². The van der Waals surface area contributed by atoms with Crippen LogP contribution < -0.4 is 21.3 Å². The molecule has 0 saturated carbocycles. The number of carbonyl (C=O) groups is 4. The Kier molecular flexibility index (Phi) is 19.5. The van der Waals surface area contributed by atoms with Crippen LogP contribution in [0.5, 0.6) is 23.0 Å². The number of aryl methyl sites for hydroxylation is 4. The third-order valence-corrected chi connectivity index (χ3v) is 20.5. The molecule has 4 heterocycles. The first-order chi connectivity index (χ1) is 51.6. The number of aliphatic hydroxyl groups excluding tert-OH is 2. The van der Waals surface area contributed by atoms with E-state index < -0.39 is 57.0 Å². The first-order valence-electron chi connectivity index (χ1n) is 34.2. The lowest BCUT2D eigenvalue weighted by Gasteiger charge is -2.29. The van der Waals surface area contributed by atoms with E-state index in [9.17, 15) is 76.2 Å². The fourth-order valence-corrected chi connectivity index (χ4v) is 15.2. The number of phenolic OH excluding ortho intramolecular Hbond substituents is 4. The Hall–Kier alpha value is -12.8. The van der Waals surface area contributed by atoms with Crippen molar-refractivity contribution in [2.24, 2.45) is 0 Å². The van der Waals surface area contributed by atoms with Gasteiger partial charge in [-0.1, -0.05) is 217 Å². The van der Waals surface area contributed by atoms with Crippen molar-refractivity contribution in [1.29, 1.82) is 0 Å². The van der Waals surface area contributed by atoms with Crippen LogP contribution in [-0.4, -0.2) is 54.3 Å². The second kappa shape index (κ2) is 28.6. The molecule has 4 aliphatic heterocycles. The summed E-state index contributed by atoms with van der Waals surface area (Å²) in [5.74, 6) is -1.04. The number of aromatic hydroxyl groups is 4. The van der Waals surface area contributed by atoms with Gasteiger partial charge in [0.2, 0.25) is 23.6 Å². The molecule has 0 aromatic heterocycles. The number of aliphatic hydroxyl groups is 2. The Labute approximate surface area is 616 Å². The molecule has 0 aliphatic carbocycles. The average molecular weight is 1460 g/mol. The molecule has 544 valence electrons. The standard InChI is InChI=1S/C22H16F3NO3.C22H16F3NO2.C22H19NO3.C22H19NO2/c23-22(24,25)18-3-1-2-17-19(18)26-20(29)21(17,15-8-10-16(28)11-9-15)14-6-4-13(12-27)5-7-14;1-13-5-7-14(8-6-13)21(15-9-11-16(27)12-10-15)17-3-2-4-18(22(23,24)25)19(17)26-20(21)28;1-14-3-2-4-19-20(14)23-21(26)22(19,17-9-11-18(25)12-10-17)16-7-5-15(13-24)6-8-16;1-14-6-8-16(9-7-14)22(17-10-12-18(24)13-11-17)19-5-3-4-15(2)20(19)23-21(22)25/h1-11,27-28H,12H2,(H,26,29);2-12,27H,1H3,(H,26,28);2-12,24-25H,13H2,1H3,(H,23,26);3-13,24H,1-2H3,(H,23,25). The van der Waals surface area contributed by atoms with Crippen molar-refractivity contribution in [1.82, 2.24) is 0 Å². The molecule has 10 N–H and O–H groups in total. The third-order valence-electron chi connectivity index (χ3n) is 20.5. The van der Waals surface area contributed by atoms with E-state index in [-0.39, 0.29) is 70.5 Å².